The van der Waals surface area contributed by atoms with Crippen molar-refractivity contribution in [3.63, 3.8) is 0 Å². The van der Waals surface area contributed by atoms with Crippen LogP contribution in [0, 0.1) is 5.82 Å². The number of hydrogen-bond donors (Lipinski definition) is 2. The van der Waals surface area contributed by atoms with Crippen LogP contribution >= 0.6 is 0 Å². The van der Waals surface area contributed by atoms with Crippen LogP contribution in [0.25, 0.3) is 0 Å². The van der Waals surface area contributed by atoms with Crippen LogP contribution in [0.4, 0.5) is 4.39 Å². The molecule has 5 heteroatoms. The number of rotatable bonds is 5. The Kier molecular flexibility index (Phi) is 4.94. The van der Waals surface area contributed by atoms with Crippen molar-refractivity contribution >= 4 is 11.9 Å². The standard InChI is InChI=1S/C16H20FNO3/c17-13-6-4-12(5-7-13)10-14(19)18-16(11-15(20)21)8-2-1-3-9-16/h4-7H,1-3,8-11H2,(H,18,19)(H,20,21). The number of aliphatic carboxylic acids is 1. The Morgan fingerprint density at radius 1 is 1.14 bits per heavy atom. The molecule has 1 aromatic carbocycles. The van der Waals surface area contributed by atoms with Gasteiger partial charge in [-0.15, -0.1) is 0 Å². The molecule has 0 bridgehead atoms. The highest BCUT2D eigenvalue weighted by Crippen LogP contribution is 2.31. The molecule has 0 spiro atoms. The average molecular weight is 293 g/mol. The van der Waals surface area contributed by atoms with Crippen LogP contribution in [0.5, 0.6) is 0 Å². The average Bonchev–Trinajstić information content (AvgIpc) is 2.41. The number of hydrogen-bond acceptors (Lipinski definition) is 2. The van der Waals surface area contributed by atoms with Crippen LogP contribution in [0.2, 0.25) is 0 Å². The molecule has 0 unspecified atom stereocenters. The maximum atomic E-state index is 12.8. The molecule has 114 valence electrons. The SMILES string of the molecule is O=C(O)CC1(NC(=O)Cc2ccc(F)cc2)CCCCC1. The zero-order valence-corrected chi connectivity index (χ0v) is 11.9. The molecule has 2 rings (SSSR count). The summed E-state index contributed by atoms with van der Waals surface area (Å²) in [6, 6.07) is 5.77. The Bertz CT molecular complexity index is 507. The van der Waals surface area contributed by atoms with Gasteiger partial charge < -0.3 is 10.4 Å². The number of carbonyl (C=O) groups excluding carboxylic acids is 1. The number of carboxylic acids is 1. The summed E-state index contributed by atoms with van der Waals surface area (Å²) in [5.41, 5.74) is 0.0940. The molecule has 2 N–H and O–H groups in total. The molecule has 21 heavy (non-hydrogen) atoms. The highest BCUT2D eigenvalue weighted by molar-refractivity contribution is 5.80. The molecule has 1 aromatic rings. The first-order valence-corrected chi connectivity index (χ1v) is 7.26. The quantitative estimate of drug-likeness (QED) is 0.877. The van der Waals surface area contributed by atoms with E-state index in [2.05, 4.69) is 5.32 Å². The van der Waals surface area contributed by atoms with Gasteiger partial charge >= 0.3 is 5.97 Å². The number of carboxylic acid groups (broad SMARTS) is 1. The predicted molar refractivity (Wildman–Crippen MR) is 76.3 cm³/mol. The van der Waals surface area contributed by atoms with Crippen LogP contribution in [-0.2, 0) is 16.0 Å². The second kappa shape index (κ2) is 6.70. The van der Waals surface area contributed by atoms with Crippen molar-refractivity contribution in [2.75, 3.05) is 0 Å². The van der Waals surface area contributed by atoms with Crippen molar-refractivity contribution in [1.29, 1.82) is 0 Å². The van der Waals surface area contributed by atoms with Crippen LogP contribution in [-0.4, -0.2) is 22.5 Å². The van der Waals surface area contributed by atoms with Gasteiger partial charge in [0.1, 0.15) is 5.82 Å². The molecule has 0 heterocycles. The van der Waals surface area contributed by atoms with Gasteiger partial charge in [0, 0.05) is 0 Å². The Morgan fingerprint density at radius 2 is 1.76 bits per heavy atom. The molecule has 0 atom stereocenters. The Labute approximate surface area is 123 Å². The van der Waals surface area contributed by atoms with Gasteiger partial charge in [0.2, 0.25) is 5.91 Å². The third-order valence-electron chi connectivity index (χ3n) is 3.98. The van der Waals surface area contributed by atoms with Crippen LogP contribution < -0.4 is 5.32 Å². The Hall–Kier alpha value is -1.91. The summed E-state index contributed by atoms with van der Waals surface area (Å²) in [5.74, 6) is -1.43. The van der Waals surface area contributed by atoms with E-state index in [1.807, 2.05) is 0 Å². The molecular formula is C16H20FNO3. The minimum atomic E-state index is -0.890. The highest BCUT2D eigenvalue weighted by atomic mass is 19.1. The lowest BCUT2D eigenvalue weighted by Gasteiger charge is -2.37. The molecule has 4 nitrogen and oxygen atoms in total. The fourth-order valence-corrected chi connectivity index (χ4v) is 2.99. The van der Waals surface area contributed by atoms with E-state index >= 15 is 0 Å². The van der Waals surface area contributed by atoms with Crippen molar-refractivity contribution in [2.24, 2.45) is 0 Å². The summed E-state index contributed by atoms with van der Waals surface area (Å²) in [6.45, 7) is 0. The number of carbonyl (C=O) groups is 2. The number of amides is 1. The second-order valence-corrected chi connectivity index (χ2v) is 5.76. The van der Waals surface area contributed by atoms with Crippen molar-refractivity contribution < 1.29 is 19.1 Å². The summed E-state index contributed by atoms with van der Waals surface area (Å²) in [7, 11) is 0. The van der Waals surface area contributed by atoms with Crippen molar-refractivity contribution in [2.45, 2.75) is 50.5 Å². The zero-order valence-electron chi connectivity index (χ0n) is 11.9. The minimum Gasteiger partial charge on any atom is -0.481 e. The molecule has 0 radical (unpaired) electrons. The normalized spacial score (nSPS) is 17.2. The summed E-state index contributed by atoms with van der Waals surface area (Å²) < 4.78 is 12.8. The van der Waals surface area contributed by atoms with E-state index in [4.69, 9.17) is 5.11 Å². The number of nitrogens with one attached hydrogen (secondary N) is 1. The summed E-state index contributed by atoms with van der Waals surface area (Å²) in [6.07, 6.45) is 4.45. The van der Waals surface area contributed by atoms with Gasteiger partial charge in [-0.1, -0.05) is 31.4 Å². The lowest BCUT2D eigenvalue weighted by molar-refractivity contribution is -0.139. The molecular weight excluding hydrogens is 273 g/mol. The van der Waals surface area contributed by atoms with Gasteiger partial charge in [-0.2, -0.15) is 0 Å². The first-order chi connectivity index (χ1) is 9.99. The van der Waals surface area contributed by atoms with E-state index in [-0.39, 0.29) is 24.6 Å². The first kappa shape index (κ1) is 15.5. The van der Waals surface area contributed by atoms with Gasteiger partial charge in [-0.05, 0) is 30.5 Å². The lowest BCUT2D eigenvalue weighted by atomic mass is 9.79. The highest BCUT2D eigenvalue weighted by Gasteiger charge is 2.35. The molecule has 1 saturated carbocycles. The third kappa shape index (κ3) is 4.55. The Balaban J connectivity index is 2.00. The molecule has 1 amide bonds. The fraction of sp³-hybridized carbons (Fsp3) is 0.500. The van der Waals surface area contributed by atoms with Crippen molar-refractivity contribution in [3.05, 3.63) is 35.6 Å². The van der Waals surface area contributed by atoms with Gasteiger partial charge in [-0.25, -0.2) is 4.39 Å². The largest absolute Gasteiger partial charge is 0.481 e. The molecule has 1 fully saturated rings. The monoisotopic (exact) mass is 293 g/mol. The van der Waals surface area contributed by atoms with Crippen LogP contribution in [0.1, 0.15) is 44.1 Å². The molecule has 1 aliphatic rings. The minimum absolute atomic E-state index is 0.0395. The third-order valence-corrected chi connectivity index (χ3v) is 3.98. The summed E-state index contributed by atoms with van der Waals surface area (Å²) >= 11 is 0. The van der Waals surface area contributed by atoms with Crippen LogP contribution in [0.15, 0.2) is 24.3 Å². The van der Waals surface area contributed by atoms with Gasteiger partial charge in [-0.3, -0.25) is 9.59 Å². The topological polar surface area (TPSA) is 66.4 Å². The van der Waals surface area contributed by atoms with Gasteiger partial charge in [0.25, 0.3) is 0 Å². The predicted octanol–water partition coefficient (Wildman–Crippen LogP) is 2.66. The molecule has 0 saturated heterocycles. The smallest absolute Gasteiger partial charge is 0.305 e. The maximum absolute atomic E-state index is 12.8. The van der Waals surface area contributed by atoms with Gasteiger partial charge in [0.15, 0.2) is 0 Å². The molecule has 1 aliphatic carbocycles. The Morgan fingerprint density at radius 3 is 2.33 bits per heavy atom. The van der Waals surface area contributed by atoms with Crippen molar-refractivity contribution in [3.8, 4) is 0 Å². The second-order valence-electron chi connectivity index (χ2n) is 5.76. The van der Waals surface area contributed by atoms with Gasteiger partial charge in [0.05, 0.1) is 18.4 Å². The van der Waals surface area contributed by atoms with E-state index in [0.717, 1.165) is 24.8 Å². The van der Waals surface area contributed by atoms with E-state index in [1.165, 1.54) is 12.1 Å². The van der Waals surface area contributed by atoms with Crippen LogP contribution in [0.3, 0.4) is 0 Å². The number of benzene rings is 1. The zero-order chi connectivity index (χ0) is 15.3. The molecule has 0 aromatic heterocycles. The lowest BCUT2D eigenvalue weighted by Crippen LogP contribution is -2.51. The van der Waals surface area contributed by atoms with E-state index in [9.17, 15) is 14.0 Å². The number of halogens is 1. The fourth-order valence-electron chi connectivity index (χ4n) is 2.99. The van der Waals surface area contributed by atoms with E-state index in [0.29, 0.717) is 12.8 Å². The summed E-state index contributed by atoms with van der Waals surface area (Å²) in [5, 5.41) is 12.0. The van der Waals surface area contributed by atoms with E-state index < -0.39 is 11.5 Å². The molecule has 0 aliphatic heterocycles. The maximum Gasteiger partial charge on any atom is 0.305 e. The van der Waals surface area contributed by atoms with E-state index in [1.54, 1.807) is 12.1 Å². The summed E-state index contributed by atoms with van der Waals surface area (Å²) in [4.78, 5) is 23.2. The first-order valence-electron chi connectivity index (χ1n) is 7.26. The van der Waals surface area contributed by atoms with Crippen molar-refractivity contribution in [1.82, 2.24) is 5.32 Å².